The lowest BCUT2D eigenvalue weighted by molar-refractivity contribution is -0.116. The van der Waals surface area contributed by atoms with Gasteiger partial charge in [-0.2, -0.15) is 10.1 Å². The van der Waals surface area contributed by atoms with Gasteiger partial charge >= 0.3 is 0 Å². The zero-order valence-corrected chi connectivity index (χ0v) is 15.3. The van der Waals surface area contributed by atoms with E-state index in [0.717, 1.165) is 23.3 Å². The van der Waals surface area contributed by atoms with Crippen LogP contribution in [0.4, 0.5) is 5.95 Å². The van der Waals surface area contributed by atoms with E-state index in [0.29, 0.717) is 12.4 Å². The van der Waals surface area contributed by atoms with Crippen LogP contribution in [0.5, 0.6) is 0 Å². The molecule has 0 saturated carbocycles. The summed E-state index contributed by atoms with van der Waals surface area (Å²) in [6.45, 7) is 0. The van der Waals surface area contributed by atoms with Gasteiger partial charge in [0, 0.05) is 17.7 Å². The van der Waals surface area contributed by atoms with Gasteiger partial charge in [-0.3, -0.25) is 4.79 Å². The monoisotopic (exact) mass is 368 g/mol. The molecule has 5 nitrogen and oxygen atoms in total. The van der Waals surface area contributed by atoms with Crippen molar-refractivity contribution in [1.82, 2.24) is 14.8 Å². The molecule has 2 unspecified atom stereocenters. The highest BCUT2D eigenvalue weighted by Gasteiger charge is 2.37. The summed E-state index contributed by atoms with van der Waals surface area (Å²) < 4.78 is 1.79. The molecule has 1 N–H and O–H groups in total. The fourth-order valence-electron chi connectivity index (χ4n) is 4.10. The number of Topliss-reactive ketones (excluding diaryl/α,β-unsaturated/α-hetero) is 1. The van der Waals surface area contributed by atoms with Crippen LogP contribution in [0.2, 0.25) is 0 Å². The van der Waals surface area contributed by atoms with Crippen LogP contribution in [-0.4, -0.2) is 20.5 Å². The lowest BCUT2D eigenvalue weighted by Crippen LogP contribution is -2.32. The Labute approximate surface area is 163 Å². The van der Waals surface area contributed by atoms with Crippen LogP contribution >= 0.6 is 0 Å². The Morgan fingerprint density at radius 1 is 1.00 bits per heavy atom. The van der Waals surface area contributed by atoms with Crippen molar-refractivity contribution in [2.45, 2.75) is 24.8 Å². The molecular formula is C23H20N4O. The van der Waals surface area contributed by atoms with E-state index in [1.54, 1.807) is 4.68 Å². The molecule has 0 spiro atoms. The molecule has 138 valence electrons. The van der Waals surface area contributed by atoms with Gasteiger partial charge in [0.1, 0.15) is 12.4 Å². The highest BCUT2D eigenvalue weighted by molar-refractivity contribution is 6.00. The van der Waals surface area contributed by atoms with Crippen molar-refractivity contribution >= 4 is 17.8 Å². The maximum atomic E-state index is 13.2. The molecule has 0 saturated heterocycles. The van der Waals surface area contributed by atoms with Crippen LogP contribution < -0.4 is 5.32 Å². The Morgan fingerprint density at radius 2 is 1.75 bits per heavy atom. The van der Waals surface area contributed by atoms with Crippen LogP contribution in [0.3, 0.4) is 0 Å². The van der Waals surface area contributed by atoms with Gasteiger partial charge in [-0.25, -0.2) is 4.68 Å². The van der Waals surface area contributed by atoms with E-state index in [-0.39, 0.29) is 17.7 Å². The lowest BCUT2D eigenvalue weighted by atomic mass is 9.79. The minimum Gasteiger partial charge on any atom is -0.328 e. The number of anilines is 1. The van der Waals surface area contributed by atoms with Crippen LogP contribution in [0, 0.1) is 0 Å². The molecule has 0 fully saturated rings. The number of hydrogen-bond acceptors (Lipinski definition) is 4. The second-order valence-corrected chi connectivity index (χ2v) is 7.20. The topological polar surface area (TPSA) is 59.8 Å². The van der Waals surface area contributed by atoms with Crippen LogP contribution in [0.1, 0.15) is 35.9 Å². The molecule has 2 aliphatic rings. The van der Waals surface area contributed by atoms with Crippen molar-refractivity contribution in [3.63, 3.8) is 0 Å². The Balaban J connectivity index is 1.53. The van der Waals surface area contributed by atoms with Crippen molar-refractivity contribution in [2.75, 3.05) is 5.32 Å². The molecule has 5 rings (SSSR count). The van der Waals surface area contributed by atoms with Crippen LogP contribution in [0.15, 0.2) is 84.3 Å². The first-order chi connectivity index (χ1) is 13.8. The molecule has 1 aliphatic carbocycles. The molecule has 2 heterocycles. The first-order valence-electron chi connectivity index (χ1n) is 9.50. The summed E-state index contributed by atoms with van der Waals surface area (Å²) in [6.07, 6.45) is 6.94. The molecule has 0 radical (unpaired) electrons. The van der Waals surface area contributed by atoms with E-state index in [4.69, 9.17) is 0 Å². The summed E-state index contributed by atoms with van der Waals surface area (Å²) in [4.78, 5) is 17.5. The molecule has 5 heteroatoms. The Morgan fingerprint density at radius 3 is 2.54 bits per heavy atom. The normalized spacial score (nSPS) is 21.4. The summed E-state index contributed by atoms with van der Waals surface area (Å²) in [5.74, 6) is 1.04. The number of rotatable bonds is 3. The standard InChI is InChI=1S/C23H20N4O/c28-21-14-18(17-9-5-2-6-10-17)13-19-22(21)20(27-23(26-19)24-15-25-27)12-11-16-7-3-1-4-8-16/h1-12,15,18,20H,13-14H2,(H,24,25,26)/b12-11+. The second kappa shape index (κ2) is 6.93. The number of hydrogen-bond donors (Lipinski definition) is 1. The molecule has 0 bridgehead atoms. The van der Waals surface area contributed by atoms with Crippen LogP contribution in [-0.2, 0) is 4.79 Å². The maximum Gasteiger partial charge on any atom is 0.226 e. The summed E-state index contributed by atoms with van der Waals surface area (Å²) in [5, 5.41) is 7.71. The molecule has 2 atom stereocenters. The SMILES string of the molecule is O=C1CC(c2ccccc2)CC2=C1C(/C=C/c1ccccc1)n1ncnc1N2. The van der Waals surface area contributed by atoms with Gasteiger partial charge in [0.2, 0.25) is 5.95 Å². The van der Waals surface area contributed by atoms with Crippen molar-refractivity contribution in [3.8, 4) is 0 Å². The smallest absolute Gasteiger partial charge is 0.226 e. The number of carbonyl (C=O) groups excluding carboxylic acids is 1. The number of fused-ring (bicyclic) bond motifs is 1. The van der Waals surface area contributed by atoms with E-state index in [1.165, 1.54) is 11.9 Å². The summed E-state index contributed by atoms with van der Waals surface area (Å²) in [7, 11) is 0. The third-order valence-corrected chi connectivity index (χ3v) is 5.44. The van der Waals surface area contributed by atoms with Crippen LogP contribution in [0.25, 0.3) is 6.08 Å². The average molecular weight is 368 g/mol. The first kappa shape index (κ1) is 16.7. The largest absolute Gasteiger partial charge is 0.328 e. The Bertz CT molecular complexity index is 1070. The van der Waals surface area contributed by atoms with Gasteiger partial charge in [0.15, 0.2) is 5.78 Å². The first-order valence-corrected chi connectivity index (χ1v) is 9.50. The number of nitrogens with zero attached hydrogens (tertiary/aromatic N) is 3. The third kappa shape index (κ3) is 2.95. The third-order valence-electron chi connectivity index (χ3n) is 5.44. The van der Waals surface area contributed by atoms with Gasteiger partial charge in [0.05, 0.1) is 0 Å². The molecule has 1 aromatic heterocycles. The Kier molecular flexibility index (Phi) is 4.13. The fraction of sp³-hybridized carbons (Fsp3) is 0.174. The van der Waals surface area contributed by atoms with Gasteiger partial charge in [-0.05, 0) is 23.5 Å². The van der Waals surface area contributed by atoms with Crippen molar-refractivity contribution in [3.05, 3.63) is 95.5 Å². The van der Waals surface area contributed by atoms with Gasteiger partial charge in [-0.1, -0.05) is 72.8 Å². The van der Waals surface area contributed by atoms with Crippen molar-refractivity contribution in [2.24, 2.45) is 0 Å². The molecule has 28 heavy (non-hydrogen) atoms. The van der Waals surface area contributed by atoms with E-state index < -0.39 is 0 Å². The zero-order valence-electron chi connectivity index (χ0n) is 15.3. The molecule has 0 amide bonds. The zero-order chi connectivity index (χ0) is 18.9. The van der Waals surface area contributed by atoms with E-state index >= 15 is 0 Å². The highest BCUT2D eigenvalue weighted by atomic mass is 16.1. The minimum absolute atomic E-state index is 0.173. The lowest BCUT2D eigenvalue weighted by Gasteiger charge is -2.33. The maximum absolute atomic E-state index is 13.2. The second-order valence-electron chi connectivity index (χ2n) is 7.20. The van der Waals surface area contributed by atoms with E-state index in [9.17, 15) is 4.79 Å². The van der Waals surface area contributed by atoms with Gasteiger partial charge < -0.3 is 5.32 Å². The summed E-state index contributed by atoms with van der Waals surface area (Å²) >= 11 is 0. The molecule has 2 aromatic carbocycles. The van der Waals surface area contributed by atoms with Gasteiger partial charge in [0.25, 0.3) is 0 Å². The molecule has 3 aromatic rings. The predicted octanol–water partition coefficient (Wildman–Crippen LogP) is 4.36. The summed E-state index contributed by atoms with van der Waals surface area (Å²) in [5.41, 5.74) is 4.06. The van der Waals surface area contributed by atoms with Crippen molar-refractivity contribution < 1.29 is 4.79 Å². The minimum atomic E-state index is -0.238. The molecule has 1 aliphatic heterocycles. The van der Waals surface area contributed by atoms with Crippen molar-refractivity contribution in [1.29, 1.82) is 0 Å². The Hall–Kier alpha value is -3.47. The fourth-order valence-corrected chi connectivity index (χ4v) is 4.10. The van der Waals surface area contributed by atoms with Gasteiger partial charge in [-0.15, -0.1) is 0 Å². The number of ketones is 1. The average Bonchev–Trinajstić information content (AvgIpc) is 3.21. The predicted molar refractivity (Wildman–Crippen MR) is 109 cm³/mol. The molecular weight excluding hydrogens is 348 g/mol. The highest BCUT2D eigenvalue weighted by Crippen LogP contribution is 2.42. The number of benzene rings is 2. The van der Waals surface area contributed by atoms with E-state index in [1.807, 2.05) is 60.7 Å². The number of carbonyl (C=O) groups is 1. The quantitative estimate of drug-likeness (QED) is 0.746. The number of aromatic nitrogens is 3. The number of nitrogens with one attached hydrogen (secondary N) is 1. The summed E-state index contributed by atoms with van der Waals surface area (Å²) in [6, 6.07) is 20.1. The number of allylic oxidation sites excluding steroid dienone is 3. The van der Waals surface area contributed by atoms with E-state index in [2.05, 4.69) is 27.5 Å².